The molecule has 3 aliphatic rings. The molecule has 1 aromatic rings. The van der Waals surface area contributed by atoms with Crippen LogP contribution in [0.5, 0.6) is 0 Å². The Bertz CT molecular complexity index is 836. The van der Waals surface area contributed by atoms with Crippen molar-refractivity contribution in [2.75, 3.05) is 13.1 Å². The first-order valence-corrected chi connectivity index (χ1v) is 8.14. The van der Waals surface area contributed by atoms with Crippen molar-refractivity contribution in [3.05, 3.63) is 47.2 Å². The number of benzene rings is 1. The molecule has 1 saturated carbocycles. The van der Waals surface area contributed by atoms with Crippen LogP contribution in [0.4, 0.5) is 0 Å². The summed E-state index contributed by atoms with van der Waals surface area (Å²) in [7, 11) is 0. The molecular weight excluding hydrogens is 298 g/mol. The van der Waals surface area contributed by atoms with E-state index < -0.39 is 5.41 Å². The molecule has 4 unspecified atom stereocenters. The van der Waals surface area contributed by atoms with Crippen molar-refractivity contribution in [3.8, 4) is 18.2 Å². The minimum atomic E-state index is -1.49. The van der Waals surface area contributed by atoms with Crippen LogP contribution in [0.15, 0.2) is 41.6 Å². The Morgan fingerprint density at radius 3 is 2.42 bits per heavy atom. The summed E-state index contributed by atoms with van der Waals surface area (Å²) in [5.74, 6) is 0.0644. The maximum Gasteiger partial charge on any atom is 0.190 e. The van der Waals surface area contributed by atoms with Crippen LogP contribution >= 0.6 is 0 Å². The number of nitriles is 3. The van der Waals surface area contributed by atoms with Gasteiger partial charge in [-0.2, -0.15) is 15.8 Å². The predicted molar refractivity (Wildman–Crippen MR) is 86.6 cm³/mol. The average molecular weight is 315 g/mol. The molecule has 5 heteroatoms. The first-order valence-electron chi connectivity index (χ1n) is 8.14. The summed E-state index contributed by atoms with van der Waals surface area (Å²) in [5.41, 5.74) is 6.17. The summed E-state index contributed by atoms with van der Waals surface area (Å²) in [4.78, 5) is 0. The van der Waals surface area contributed by atoms with Crippen LogP contribution in [0.2, 0.25) is 0 Å². The van der Waals surface area contributed by atoms with Gasteiger partial charge in [0.2, 0.25) is 0 Å². The maximum atomic E-state index is 9.93. The van der Waals surface area contributed by atoms with E-state index in [2.05, 4.69) is 23.5 Å². The van der Waals surface area contributed by atoms with Crippen molar-refractivity contribution in [3.63, 3.8) is 0 Å². The summed E-state index contributed by atoms with van der Waals surface area (Å²) in [5, 5.41) is 33.0. The Balaban J connectivity index is 2.02. The summed E-state index contributed by atoms with van der Waals surface area (Å²) < 4.78 is 0. The van der Waals surface area contributed by atoms with Crippen LogP contribution in [0, 0.1) is 56.7 Å². The minimum Gasteiger partial charge on any atom is -0.399 e. The topological polar surface area (TPSA) is 109 Å². The van der Waals surface area contributed by atoms with E-state index in [1.165, 1.54) is 0 Å². The van der Waals surface area contributed by atoms with Crippen molar-refractivity contribution in [2.45, 2.75) is 12.3 Å². The van der Waals surface area contributed by atoms with Gasteiger partial charge < -0.3 is 11.1 Å². The van der Waals surface area contributed by atoms with E-state index in [1.54, 1.807) is 0 Å². The molecule has 1 aromatic carbocycles. The monoisotopic (exact) mass is 315 g/mol. The molecule has 2 fully saturated rings. The number of hydrogen-bond donors (Lipinski definition) is 2. The van der Waals surface area contributed by atoms with Crippen molar-refractivity contribution >= 4 is 0 Å². The Morgan fingerprint density at radius 2 is 1.79 bits per heavy atom. The zero-order valence-electron chi connectivity index (χ0n) is 13.2. The lowest BCUT2D eigenvalue weighted by molar-refractivity contribution is 0.170. The van der Waals surface area contributed by atoms with E-state index in [0.29, 0.717) is 18.0 Å². The summed E-state index contributed by atoms with van der Waals surface area (Å²) in [6.07, 6.45) is 0.907. The fourth-order valence-corrected chi connectivity index (χ4v) is 5.07. The van der Waals surface area contributed by atoms with E-state index in [0.717, 1.165) is 18.5 Å². The van der Waals surface area contributed by atoms with Crippen LogP contribution in [0.25, 0.3) is 0 Å². The molecule has 0 aromatic heterocycles. The average Bonchev–Trinajstić information content (AvgIpc) is 3.36. The molecule has 4 atom stereocenters. The van der Waals surface area contributed by atoms with Gasteiger partial charge in [0, 0.05) is 11.3 Å². The van der Waals surface area contributed by atoms with Crippen LogP contribution in [0.3, 0.4) is 0 Å². The van der Waals surface area contributed by atoms with Crippen molar-refractivity contribution in [1.29, 1.82) is 15.8 Å². The fourth-order valence-electron chi connectivity index (χ4n) is 5.07. The number of nitrogens with one attached hydrogen (secondary N) is 1. The molecule has 5 nitrogen and oxygen atoms in total. The van der Waals surface area contributed by atoms with Gasteiger partial charge in [-0.15, -0.1) is 0 Å². The third-order valence-electron chi connectivity index (χ3n) is 6.22. The van der Waals surface area contributed by atoms with E-state index in [1.807, 2.05) is 30.3 Å². The number of nitrogens with two attached hydrogens (primary N) is 1. The molecule has 0 amide bonds. The minimum absolute atomic E-state index is 0.0277. The van der Waals surface area contributed by atoms with Gasteiger partial charge in [0.15, 0.2) is 5.41 Å². The normalized spacial score (nSPS) is 35.6. The summed E-state index contributed by atoms with van der Waals surface area (Å²) >= 11 is 0. The van der Waals surface area contributed by atoms with Crippen LogP contribution < -0.4 is 11.1 Å². The lowest BCUT2D eigenvalue weighted by Gasteiger charge is -2.47. The van der Waals surface area contributed by atoms with Crippen LogP contribution in [-0.4, -0.2) is 13.1 Å². The third kappa shape index (κ3) is 1.54. The van der Waals surface area contributed by atoms with Gasteiger partial charge in [0.05, 0.1) is 29.5 Å². The van der Waals surface area contributed by atoms with Gasteiger partial charge in [-0.3, -0.25) is 0 Å². The highest BCUT2D eigenvalue weighted by molar-refractivity contribution is 5.55. The molecular formula is C19H17N5. The molecule has 2 aliphatic carbocycles. The van der Waals surface area contributed by atoms with Gasteiger partial charge in [0.25, 0.3) is 0 Å². The van der Waals surface area contributed by atoms with Gasteiger partial charge in [-0.25, -0.2) is 0 Å². The zero-order chi connectivity index (χ0) is 16.9. The van der Waals surface area contributed by atoms with Crippen LogP contribution in [0.1, 0.15) is 17.9 Å². The van der Waals surface area contributed by atoms with Crippen molar-refractivity contribution in [2.24, 2.45) is 28.4 Å². The Kier molecular flexibility index (Phi) is 2.98. The van der Waals surface area contributed by atoms with E-state index in [9.17, 15) is 15.8 Å². The second-order valence-electron chi connectivity index (χ2n) is 7.03. The molecule has 1 heterocycles. The van der Waals surface area contributed by atoms with Crippen molar-refractivity contribution < 1.29 is 0 Å². The van der Waals surface area contributed by atoms with Crippen molar-refractivity contribution in [1.82, 2.24) is 5.32 Å². The van der Waals surface area contributed by atoms with Gasteiger partial charge in [-0.1, -0.05) is 30.3 Å². The van der Waals surface area contributed by atoms with E-state index >= 15 is 0 Å². The SMILES string of the molecule is N#CC1=C(N)C(C#N)(C#N)C(c2ccccc2)C2CNCC3CC132. The first kappa shape index (κ1) is 14.8. The third-order valence-corrected chi connectivity index (χ3v) is 6.22. The number of rotatable bonds is 1. The second-order valence-corrected chi connectivity index (χ2v) is 7.03. The molecule has 24 heavy (non-hydrogen) atoms. The van der Waals surface area contributed by atoms with Gasteiger partial charge in [-0.05, 0) is 36.9 Å². The molecule has 1 saturated heterocycles. The number of allylic oxidation sites excluding steroid dienone is 2. The molecule has 118 valence electrons. The molecule has 1 aliphatic heterocycles. The zero-order valence-corrected chi connectivity index (χ0v) is 13.2. The quantitative estimate of drug-likeness (QED) is 0.821. The van der Waals surface area contributed by atoms with Crippen LogP contribution in [-0.2, 0) is 0 Å². The molecule has 3 N–H and O–H groups in total. The van der Waals surface area contributed by atoms with Gasteiger partial charge >= 0.3 is 0 Å². The predicted octanol–water partition coefficient (Wildman–Crippen LogP) is 1.78. The summed E-state index contributed by atoms with van der Waals surface area (Å²) in [6, 6.07) is 16.3. The highest BCUT2D eigenvalue weighted by atomic mass is 15.0. The number of nitrogens with zero attached hydrogens (tertiary/aromatic N) is 3. The van der Waals surface area contributed by atoms with E-state index in [-0.39, 0.29) is 22.9 Å². The Hall–Kier alpha value is -2.81. The molecule has 0 bridgehead atoms. The Morgan fingerprint density at radius 1 is 1.08 bits per heavy atom. The fraction of sp³-hybridized carbons (Fsp3) is 0.421. The largest absolute Gasteiger partial charge is 0.399 e. The lowest BCUT2D eigenvalue weighted by atomic mass is 9.54. The highest BCUT2D eigenvalue weighted by Crippen LogP contribution is 2.72. The number of piperidine rings is 1. The lowest BCUT2D eigenvalue weighted by Crippen LogP contribution is -2.52. The summed E-state index contributed by atoms with van der Waals surface area (Å²) in [6.45, 7) is 1.56. The van der Waals surface area contributed by atoms with E-state index in [4.69, 9.17) is 5.73 Å². The maximum absolute atomic E-state index is 9.93. The highest BCUT2D eigenvalue weighted by Gasteiger charge is 2.71. The van der Waals surface area contributed by atoms with Gasteiger partial charge in [0.1, 0.15) is 0 Å². The smallest absolute Gasteiger partial charge is 0.190 e. The molecule has 1 spiro atoms. The first-order chi connectivity index (χ1) is 11.7. The second kappa shape index (κ2) is 4.84. The number of hydrogen-bond acceptors (Lipinski definition) is 5. The standard InChI is InChI=1S/C19H17N5/c20-7-14-17(23)18(10-21,11-22)16(12-4-2-1-3-5-12)15-9-24-8-13-6-19(13,14)15/h1-5,13,15-16,24H,6,8-9,23H2. The molecule has 4 rings (SSSR count). The molecule has 0 radical (unpaired) electrons. The Labute approximate surface area is 141 Å².